The SMILES string of the molecule is Cc1cccnc1C(=O)Nc1cc(-c2ccccc2)ccc1C(=O)O. The molecule has 0 unspecified atom stereocenters. The summed E-state index contributed by atoms with van der Waals surface area (Å²) in [6.45, 7) is 1.78. The van der Waals surface area contributed by atoms with Crippen LogP contribution in [0.5, 0.6) is 0 Å². The van der Waals surface area contributed by atoms with E-state index in [1.807, 2.05) is 30.3 Å². The normalized spacial score (nSPS) is 10.3. The van der Waals surface area contributed by atoms with Crippen LogP contribution in [0.3, 0.4) is 0 Å². The summed E-state index contributed by atoms with van der Waals surface area (Å²) >= 11 is 0. The third-order valence-corrected chi connectivity index (χ3v) is 3.83. The second kappa shape index (κ2) is 6.97. The Morgan fingerprint density at radius 1 is 0.960 bits per heavy atom. The molecule has 0 fully saturated rings. The Balaban J connectivity index is 2.00. The molecule has 0 aliphatic heterocycles. The van der Waals surface area contributed by atoms with Crippen LogP contribution in [0.2, 0.25) is 0 Å². The van der Waals surface area contributed by atoms with Crippen LogP contribution in [-0.2, 0) is 0 Å². The summed E-state index contributed by atoms with van der Waals surface area (Å²) in [5, 5.41) is 12.1. The lowest BCUT2D eigenvalue weighted by Crippen LogP contribution is -2.17. The fraction of sp³-hybridized carbons (Fsp3) is 0.0500. The molecule has 0 spiro atoms. The fourth-order valence-electron chi connectivity index (χ4n) is 2.55. The minimum absolute atomic E-state index is 0.0293. The van der Waals surface area contributed by atoms with Gasteiger partial charge in [-0.25, -0.2) is 4.79 Å². The lowest BCUT2D eigenvalue weighted by molar-refractivity contribution is 0.0698. The molecule has 1 heterocycles. The molecule has 0 aliphatic rings. The van der Waals surface area contributed by atoms with Crippen LogP contribution in [0.4, 0.5) is 5.69 Å². The number of amides is 1. The summed E-state index contributed by atoms with van der Waals surface area (Å²) < 4.78 is 0. The van der Waals surface area contributed by atoms with Gasteiger partial charge in [0.25, 0.3) is 5.91 Å². The maximum atomic E-state index is 12.5. The van der Waals surface area contributed by atoms with Crippen molar-refractivity contribution in [2.45, 2.75) is 6.92 Å². The van der Waals surface area contributed by atoms with Crippen LogP contribution in [-0.4, -0.2) is 22.0 Å². The highest BCUT2D eigenvalue weighted by Gasteiger charge is 2.16. The standard InChI is InChI=1S/C20H16N2O3/c1-13-6-5-11-21-18(13)19(23)22-17-12-15(9-10-16(17)20(24)25)14-7-3-2-4-8-14/h2-12H,1H3,(H,22,23)(H,24,25). The van der Waals surface area contributed by atoms with Crippen molar-refractivity contribution in [2.24, 2.45) is 0 Å². The first-order valence-electron chi connectivity index (χ1n) is 7.72. The highest BCUT2D eigenvalue weighted by molar-refractivity contribution is 6.07. The van der Waals surface area contributed by atoms with Crippen LogP contribution in [0.25, 0.3) is 11.1 Å². The molecule has 0 radical (unpaired) electrons. The van der Waals surface area contributed by atoms with Crippen molar-refractivity contribution in [3.8, 4) is 11.1 Å². The van der Waals surface area contributed by atoms with E-state index in [2.05, 4.69) is 10.3 Å². The van der Waals surface area contributed by atoms with E-state index in [-0.39, 0.29) is 16.9 Å². The highest BCUT2D eigenvalue weighted by Crippen LogP contribution is 2.26. The Kier molecular flexibility index (Phi) is 4.57. The minimum Gasteiger partial charge on any atom is -0.478 e. The summed E-state index contributed by atoms with van der Waals surface area (Å²) in [6.07, 6.45) is 1.53. The van der Waals surface area contributed by atoms with Gasteiger partial charge in [0, 0.05) is 6.20 Å². The van der Waals surface area contributed by atoms with Gasteiger partial charge in [-0.3, -0.25) is 9.78 Å². The van der Waals surface area contributed by atoms with Crippen molar-refractivity contribution in [3.63, 3.8) is 0 Å². The minimum atomic E-state index is -1.10. The van der Waals surface area contributed by atoms with Gasteiger partial charge in [-0.05, 0) is 41.8 Å². The number of nitrogens with one attached hydrogen (secondary N) is 1. The largest absolute Gasteiger partial charge is 0.478 e. The second-order valence-corrected chi connectivity index (χ2v) is 5.55. The van der Waals surface area contributed by atoms with E-state index in [4.69, 9.17) is 0 Å². The quantitative estimate of drug-likeness (QED) is 0.756. The third-order valence-electron chi connectivity index (χ3n) is 3.83. The Morgan fingerprint density at radius 2 is 1.72 bits per heavy atom. The molecule has 0 saturated heterocycles. The van der Waals surface area contributed by atoms with E-state index in [9.17, 15) is 14.7 Å². The molecule has 2 aromatic carbocycles. The molecule has 0 atom stereocenters. The molecule has 124 valence electrons. The summed E-state index contributed by atoms with van der Waals surface area (Å²) in [7, 11) is 0. The number of carboxylic acid groups (broad SMARTS) is 1. The fourth-order valence-corrected chi connectivity index (χ4v) is 2.55. The van der Waals surface area contributed by atoms with Gasteiger partial charge in [0.05, 0.1) is 11.3 Å². The number of hydrogen-bond acceptors (Lipinski definition) is 3. The zero-order valence-corrected chi connectivity index (χ0v) is 13.6. The van der Waals surface area contributed by atoms with Crippen molar-refractivity contribution >= 4 is 17.6 Å². The summed E-state index contributed by atoms with van der Waals surface area (Å²) in [5.41, 5.74) is 3.01. The van der Waals surface area contributed by atoms with E-state index >= 15 is 0 Å². The smallest absolute Gasteiger partial charge is 0.337 e. The van der Waals surface area contributed by atoms with Crippen LogP contribution in [0.15, 0.2) is 66.9 Å². The number of aromatic nitrogens is 1. The lowest BCUT2D eigenvalue weighted by Gasteiger charge is -2.11. The third kappa shape index (κ3) is 3.55. The molecular weight excluding hydrogens is 316 g/mol. The maximum Gasteiger partial charge on any atom is 0.337 e. The summed E-state index contributed by atoms with van der Waals surface area (Å²) in [4.78, 5) is 28.0. The number of carbonyl (C=O) groups excluding carboxylic acids is 1. The van der Waals surface area contributed by atoms with Gasteiger partial charge in [-0.1, -0.05) is 42.5 Å². The number of rotatable bonds is 4. The van der Waals surface area contributed by atoms with Gasteiger partial charge in [0.2, 0.25) is 0 Å². The maximum absolute atomic E-state index is 12.5. The number of benzene rings is 2. The van der Waals surface area contributed by atoms with E-state index in [0.29, 0.717) is 0 Å². The number of carbonyl (C=O) groups is 2. The molecule has 2 N–H and O–H groups in total. The first-order valence-corrected chi connectivity index (χ1v) is 7.72. The van der Waals surface area contributed by atoms with Gasteiger partial charge in [0.15, 0.2) is 0 Å². The molecule has 3 rings (SSSR count). The monoisotopic (exact) mass is 332 g/mol. The van der Waals surface area contributed by atoms with E-state index in [1.54, 1.807) is 31.2 Å². The van der Waals surface area contributed by atoms with Crippen LogP contribution < -0.4 is 5.32 Å². The van der Waals surface area contributed by atoms with Crippen molar-refractivity contribution in [1.29, 1.82) is 0 Å². The zero-order valence-electron chi connectivity index (χ0n) is 13.6. The average molecular weight is 332 g/mol. The number of pyridine rings is 1. The molecule has 0 bridgehead atoms. The Labute approximate surface area is 145 Å². The molecule has 5 nitrogen and oxygen atoms in total. The topological polar surface area (TPSA) is 79.3 Å². The number of carboxylic acids is 1. The molecule has 5 heteroatoms. The van der Waals surface area contributed by atoms with Crippen molar-refractivity contribution in [3.05, 3.63) is 83.7 Å². The van der Waals surface area contributed by atoms with E-state index < -0.39 is 11.9 Å². The molecule has 0 saturated carbocycles. The van der Waals surface area contributed by atoms with Gasteiger partial charge in [-0.2, -0.15) is 0 Å². The van der Waals surface area contributed by atoms with Gasteiger partial charge in [0.1, 0.15) is 5.69 Å². The van der Waals surface area contributed by atoms with Crippen LogP contribution >= 0.6 is 0 Å². The summed E-state index contributed by atoms with van der Waals surface area (Å²) in [5.74, 6) is -1.54. The van der Waals surface area contributed by atoms with Gasteiger partial charge < -0.3 is 10.4 Å². The first-order chi connectivity index (χ1) is 12.1. The Morgan fingerprint density at radius 3 is 2.40 bits per heavy atom. The molecule has 3 aromatic rings. The number of nitrogens with zero attached hydrogens (tertiary/aromatic N) is 1. The van der Waals surface area contributed by atoms with Crippen molar-refractivity contribution in [2.75, 3.05) is 5.32 Å². The predicted molar refractivity (Wildman–Crippen MR) is 95.8 cm³/mol. The number of aromatic carboxylic acids is 1. The first kappa shape index (κ1) is 16.4. The number of hydrogen-bond donors (Lipinski definition) is 2. The van der Waals surface area contributed by atoms with Gasteiger partial charge >= 0.3 is 5.97 Å². The molecule has 1 aromatic heterocycles. The van der Waals surface area contributed by atoms with Crippen molar-refractivity contribution in [1.82, 2.24) is 4.98 Å². The predicted octanol–water partition coefficient (Wildman–Crippen LogP) is 4.01. The Bertz CT molecular complexity index is 937. The van der Waals surface area contributed by atoms with Gasteiger partial charge in [-0.15, -0.1) is 0 Å². The van der Waals surface area contributed by atoms with Crippen LogP contribution in [0, 0.1) is 6.92 Å². The van der Waals surface area contributed by atoms with E-state index in [1.165, 1.54) is 12.3 Å². The molecule has 25 heavy (non-hydrogen) atoms. The van der Waals surface area contributed by atoms with E-state index in [0.717, 1.165) is 16.7 Å². The number of anilines is 1. The molecular formula is C20H16N2O3. The lowest BCUT2D eigenvalue weighted by atomic mass is 10.0. The van der Waals surface area contributed by atoms with Crippen LogP contribution in [0.1, 0.15) is 26.4 Å². The summed E-state index contributed by atoms with van der Waals surface area (Å²) in [6, 6.07) is 17.9. The average Bonchev–Trinajstić information content (AvgIpc) is 2.62. The highest BCUT2D eigenvalue weighted by atomic mass is 16.4. The van der Waals surface area contributed by atoms with Crippen molar-refractivity contribution < 1.29 is 14.7 Å². The zero-order chi connectivity index (χ0) is 17.8. The Hall–Kier alpha value is -3.47. The molecule has 1 amide bonds. The second-order valence-electron chi connectivity index (χ2n) is 5.55. The number of aryl methyl sites for hydroxylation is 1. The molecule has 0 aliphatic carbocycles.